The van der Waals surface area contributed by atoms with Gasteiger partial charge in [0.15, 0.2) is 5.78 Å². The Balaban J connectivity index is 2.55. The number of carboxylic acid groups (broad SMARTS) is 1. The maximum atomic E-state index is 13.3. The molecule has 0 aliphatic heterocycles. The molecule has 1 aromatic rings. The topological polar surface area (TPSA) is 83.5 Å². The van der Waals surface area contributed by atoms with Gasteiger partial charge in [0.1, 0.15) is 17.7 Å². The third-order valence-corrected chi connectivity index (χ3v) is 2.56. The molecule has 0 unspecified atom stereocenters. The van der Waals surface area contributed by atoms with Crippen molar-refractivity contribution in [3.63, 3.8) is 0 Å². The van der Waals surface area contributed by atoms with E-state index in [0.717, 1.165) is 12.1 Å². The molecule has 108 valence electrons. The van der Waals surface area contributed by atoms with Crippen molar-refractivity contribution in [2.45, 2.75) is 25.8 Å². The van der Waals surface area contributed by atoms with Crippen molar-refractivity contribution in [3.05, 3.63) is 35.4 Å². The van der Waals surface area contributed by atoms with Gasteiger partial charge in [-0.25, -0.2) is 8.78 Å². The van der Waals surface area contributed by atoms with Gasteiger partial charge in [0.2, 0.25) is 5.91 Å². The Kier molecular flexibility index (Phi) is 5.31. The Morgan fingerprint density at radius 3 is 2.45 bits per heavy atom. The molecule has 5 nitrogen and oxygen atoms in total. The lowest BCUT2D eigenvalue weighted by Crippen LogP contribution is -2.38. The van der Waals surface area contributed by atoms with E-state index >= 15 is 0 Å². The van der Waals surface area contributed by atoms with Crippen molar-refractivity contribution in [1.29, 1.82) is 0 Å². The second-order valence-electron chi connectivity index (χ2n) is 4.17. The number of rotatable bonds is 6. The van der Waals surface area contributed by atoms with Crippen molar-refractivity contribution in [2.75, 3.05) is 0 Å². The predicted molar refractivity (Wildman–Crippen MR) is 65.2 cm³/mol. The molecular formula is C13H13F2NO4. The van der Waals surface area contributed by atoms with Crippen LogP contribution in [0.4, 0.5) is 8.78 Å². The Morgan fingerprint density at radius 1 is 1.25 bits per heavy atom. The molecule has 0 aromatic heterocycles. The molecule has 0 aliphatic carbocycles. The fourth-order valence-corrected chi connectivity index (χ4v) is 1.45. The first-order valence-electron chi connectivity index (χ1n) is 5.81. The minimum Gasteiger partial charge on any atom is -0.480 e. The van der Waals surface area contributed by atoms with E-state index in [1.54, 1.807) is 0 Å². The highest BCUT2D eigenvalue weighted by molar-refractivity contribution is 5.98. The van der Waals surface area contributed by atoms with Gasteiger partial charge in [0, 0.05) is 18.9 Å². The zero-order valence-corrected chi connectivity index (χ0v) is 10.7. The highest BCUT2D eigenvalue weighted by Crippen LogP contribution is 2.12. The first-order valence-corrected chi connectivity index (χ1v) is 5.81. The van der Waals surface area contributed by atoms with Gasteiger partial charge in [0.05, 0.1) is 5.56 Å². The van der Waals surface area contributed by atoms with Crippen LogP contribution in [0.2, 0.25) is 0 Å². The molecule has 0 spiro atoms. The summed E-state index contributed by atoms with van der Waals surface area (Å²) >= 11 is 0. The molecule has 1 rings (SSSR count). The summed E-state index contributed by atoms with van der Waals surface area (Å²) in [7, 11) is 0. The third-order valence-electron chi connectivity index (χ3n) is 2.56. The largest absolute Gasteiger partial charge is 0.480 e. The Morgan fingerprint density at radius 2 is 1.90 bits per heavy atom. The number of aliphatic carboxylic acids is 1. The molecule has 0 saturated heterocycles. The van der Waals surface area contributed by atoms with E-state index in [1.165, 1.54) is 6.92 Å². The van der Waals surface area contributed by atoms with E-state index in [4.69, 9.17) is 5.11 Å². The van der Waals surface area contributed by atoms with Gasteiger partial charge in [-0.3, -0.25) is 14.4 Å². The second-order valence-corrected chi connectivity index (χ2v) is 4.17. The number of halogens is 2. The average Bonchev–Trinajstić information content (AvgIpc) is 2.35. The van der Waals surface area contributed by atoms with Gasteiger partial charge in [0.25, 0.3) is 0 Å². The number of hydrogen-bond donors (Lipinski definition) is 2. The maximum Gasteiger partial charge on any atom is 0.325 e. The van der Waals surface area contributed by atoms with Crippen molar-refractivity contribution >= 4 is 17.7 Å². The fourth-order valence-electron chi connectivity index (χ4n) is 1.45. The number of Topliss-reactive ketones (excluding diaryl/α,β-unsaturated/α-hetero) is 1. The number of nitrogens with one attached hydrogen (secondary N) is 1. The van der Waals surface area contributed by atoms with Crippen molar-refractivity contribution in [2.24, 2.45) is 0 Å². The highest BCUT2D eigenvalue weighted by atomic mass is 19.1. The number of carbonyl (C=O) groups is 3. The molecule has 0 heterocycles. The zero-order chi connectivity index (χ0) is 15.3. The van der Waals surface area contributed by atoms with E-state index in [-0.39, 0.29) is 18.4 Å². The number of carboxylic acids is 1. The lowest BCUT2D eigenvalue weighted by Gasteiger charge is -2.08. The normalized spacial score (nSPS) is 11.8. The monoisotopic (exact) mass is 285 g/mol. The van der Waals surface area contributed by atoms with Crippen LogP contribution in [0.5, 0.6) is 0 Å². The van der Waals surface area contributed by atoms with Crippen molar-refractivity contribution < 1.29 is 28.3 Å². The van der Waals surface area contributed by atoms with Crippen molar-refractivity contribution in [1.82, 2.24) is 5.32 Å². The molecule has 0 saturated carbocycles. The molecule has 20 heavy (non-hydrogen) atoms. The van der Waals surface area contributed by atoms with Crippen LogP contribution in [0.25, 0.3) is 0 Å². The molecular weight excluding hydrogens is 272 g/mol. The second kappa shape index (κ2) is 6.74. The number of carbonyl (C=O) groups excluding carboxylic acids is 2. The smallest absolute Gasteiger partial charge is 0.325 e. The van der Waals surface area contributed by atoms with Crippen LogP contribution >= 0.6 is 0 Å². The third kappa shape index (κ3) is 4.42. The molecule has 0 fully saturated rings. The summed E-state index contributed by atoms with van der Waals surface area (Å²) in [6, 6.07) is 1.47. The van der Waals surface area contributed by atoms with Gasteiger partial charge >= 0.3 is 5.97 Å². The number of hydrogen-bond acceptors (Lipinski definition) is 3. The summed E-state index contributed by atoms with van der Waals surface area (Å²) in [5, 5.41) is 10.7. The van der Waals surface area contributed by atoms with E-state index in [9.17, 15) is 23.2 Å². The molecule has 7 heteroatoms. The van der Waals surface area contributed by atoms with E-state index < -0.39 is 35.3 Å². The molecule has 0 bridgehead atoms. The molecule has 2 N–H and O–H groups in total. The number of benzene rings is 1. The predicted octanol–water partition coefficient (Wildman–Crippen LogP) is 1.52. The molecule has 1 atom stereocenters. The molecule has 0 radical (unpaired) electrons. The number of amides is 1. The summed E-state index contributed by atoms with van der Waals surface area (Å²) in [5.41, 5.74) is -0.300. The maximum absolute atomic E-state index is 13.3. The van der Waals surface area contributed by atoms with Crippen LogP contribution in [-0.4, -0.2) is 28.8 Å². The van der Waals surface area contributed by atoms with Crippen LogP contribution in [0.3, 0.4) is 0 Å². The van der Waals surface area contributed by atoms with Gasteiger partial charge in [-0.05, 0) is 19.1 Å². The average molecular weight is 285 g/mol. The van der Waals surface area contributed by atoms with E-state index in [0.29, 0.717) is 6.07 Å². The Hall–Kier alpha value is -2.31. The highest BCUT2D eigenvalue weighted by Gasteiger charge is 2.17. The lowest BCUT2D eigenvalue weighted by atomic mass is 10.1. The first-order chi connectivity index (χ1) is 9.31. The molecule has 0 aliphatic rings. The van der Waals surface area contributed by atoms with Crippen LogP contribution in [0.1, 0.15) is 30.1 Å². The van der Waals surface area contributed by atoms with Gasteiger partial charge < -0.3 is 10.4 Å². The lowest BCUT2D eigenvalue weighted by molar-refractivity contribution is -0.141. The quantitative estimate of drug-likeness (QED) is 0.776. The standard InChI is InChI=1S/C13H13F2NO4/c1-7(13(19)20)16-12(18)5-4-11(17)9-3-2-8(14)6-10(9)15/h2-3,6-7H,4-5H2,1H3,(H,16,18)(H,19,20)/t7-/m1/s1. The van der Waals surface area contributed by atoms with Crippen LogP contribution < -0.4 is 5.32 Å². The van der Waals surface area contributed by atoms with Crippen molar-refractivity contribution in [3.8, 4) is 0 Å². The minimum absolute atomic E-state index is 0.271. The van der Waals surface area contributed by atoms with E-state index in [1.807, 2.05) is 0 Å². The summed E-state index contributed by atoms with van der Waals surface area (Å²) in [4.78, 5) is 33.5. The minimum atomic E-state index is -1.20. The van der Waals surface area contributed by atoms with Gasteiger partial charge in [-0.2, -0.15) is 0 Å². The molecule has 1 aromatic carbocycles. The summed E-state index contributed by atoms with van der Waals surface area (Å²) in [5.74, 6) is -4.27. The fraction of sp³-hybridized carbons (Fsp3) is 0.308. The number of ketones is 1. The van der Waals surface area contributed by atoms with Crippen LogP contribution in [0.15, 0.2) is 18.2 Å². The summed E-state index contributed by atoms with van der Waals surface area (Å²) < 4.78 is 26.0. The van der Waals surface area contributed by atoms with Gasteiger partial charge in [-0.15, -0.1) is 0 Å². The first kappa shape index (κ1) is 15.7. The molecule has 1 amide bonds. The summed E-state index contributed by atoms with van der Waals surface area (Å²) in [6.07, 6.45) is -0.562. The zero-order valence-electron chi connectivity index (χ0n) is 10.7. The Bertz CT molecular complexity index is 545. The Labute approximate surface area is 113 Å². The SMILES string of the molecule is C[C@@H](NC(=O)CCC(=O)c1ccc(F)cc1F)C(=O)O. The van der Waals surface area contributed by atoms with Crippen LogP contribution in [0, 0.1) is 11.6 Å². The van der Waals surface area contributed by atoms with Gasteiger partial charge in [-0.1, -0.05) is 0 Å². The van der Waals surface area contributed by atoms with E-state index in [2.05, 4.69) is 5.32 Å². The summed E-state index contributed by atoms with van der Waals surface area (Å²) in [6.45, 7) is 1.28. The van der Waals surface area contributed by atoms with Crippen LogP contribution in [-0.2, 0) is 9.59 Å².